The lowest BCUT2D eigenvalue weighted by molar-refractivity contribution is -0.139. The van der Waals surface area contributed by atoms with Gasteiger partial charge in [0.1, 0.15) is 5.75 Å². The van der Waals surface area contributed by atoms with Gasteiger partial charge in [-0.1, -0.05) is 84.1 Å². The molecule has 0 fully saturated rings. The predicted octanol–water partition coefficient (Wildman–Crippen LogP) is 6.05. The fourth-order valence-electron chi connectivity index (χ4n) is 5.21. The van der Waals surface area contributed by atoms with Gasteiger partial charge in [-0.05, 0) is 59.7 Å². The molecular formula is C34H23N3O4S. The Morgan fingerprint density at radius 1 is 0.857 bits per heavy atom. The molecule has 7 rings (SSSR count). The minimum atomic E-state index is -1.03. The summed E-state index contributed by atoms with van der Waals surface area (Å²) < 4.78 is 9.82. The van der Waals surface area contributed by atoms with Crippen molar-refractivity contribution in [2.24, 2.45) is 0 Å². The van der Waals surface area contributed by atoms with E-state index in [1.807, 2.05) is 78.9 Å². The summed E-state index contributed by atoms with van der Waals surface area (Å²) in [5.74, 6) is -0.568. The lowest BCUT2D eigenvalue weighted by Gasteiger charge is -2.15. The maximum atomic E-state index is 13.7. The molecule has 42 heavy (non-hydrogen) atoms. The van der Waals surface area contributed by atoms with Crippen molar-refractivity contribution in [3.8, 4) is 34.0 Å². The molecule has 204 valence electrons. The van der Waals surface area contributed by atoms with Crippen LogP contribution < -0.4 is 14.8 Å². The van der Waals surface area contributed by atoms with Crippen molar-refractivity contribution in [1.29, 1.82) is 0 Å². The van der Waals surface area contributed by atoms with Gasteiger partial charge < -0.3 is 14.4 Å². The number of nitrogens with zero attached hydrogens (tertiary/aromatic N) is 3. The van der Waals surface area contributed by atoms with Crippen LogP contribution in [0.15, 0.2) is 120 Å². The molecule has 8 heteroatoms. The third-order valence-corrected chi connectivity index (χ3v) is 8.00. The zero-order chi connectivity index (χ0) is 28.6. The molecule has 7 aromatic rings. The number of fused-ring (bicyclic) bond motifs is 3. The number of hydrogen-bond donors (Lipinski definition) is 1. The number of ether oxygens (including phenoxy) is 1. The monoisotopic (exact) mass is 569 g/mol. The van der Waals surface area contributed by atoms with Crippen LogP contribution in [-0.4, -0.2) is 31.6 Å². The van der Waals surface area contributed by atoms with Gasteiger partial charge in [-0.2, -0.15) is 0 Å². The number of para-hydroxylation sites is 2. The molecule has 0 aliphatic heterocycles. The maximum Gasteiger partial charge on any atom is 0.341 e. The maximum absolute atomic E-state index is 13.7. The third-order valence-electron chi connectivity index (χ3n) is 7.04. The van der Waals surface area contributed by atoms with E-state index in [1.165, 1.54) is 11.3 Å². The number of carbonyl (C=O) groups is 1. The Bertz CT molecular complexity index is 2180. The van der Waals surface area contributed by atoms with E-state index in [0.717, 1.165) is 44.8 Å². The SMILES string of the molecule is O=C(O)COc1ccc(-n2c(-c3ccccc3)cc(/C=c3/sc4nc5ccccc5n4c3=O)c2-c2ccccc2)cc1. The van der Waals surface area contributed by atoms with Gasteiger partial charge in [0.15, 0.2) is 11.6 Å². The molecule has 0 radical (unpaired) electrons. The van der Waals surface area contributed by atoms with Gasteiger partial charge in [-0.3, -0.25) is 4.79 Å². The number of carboxylic acids is 1. The largest absolute Gasteiger partial charge is 0.482 e. The van der Waals surface area contributed by atoms with Gasteiger partial charge in [0, 0.05) is 11.3 Å². The van der Waals surface area contributed by atoms with E-state index in [2.05, 4.69) is 39.9 Å². The van der Waals surface area contributed by atoms with Gasteiger partial charge in [-0.25, -0.2) is 14.2 Å². The molecule has 0 aliphatic rings. The van der Waals surface area contributed by atoms with Crippen LogP contribution in [0.4, 0.5) is 0 Å². The highest BCUT2D eigenvalue weighted by atomic mass is 32.1. The fraction of sp³-hybridized carbons (Fsp3) is 0.0294. The minimum Gasteiger partial charge on any atom is -0.482 e. The van der Waals surface area contributed by atoms with Gasteiger partial charge in [0.2, 0.25) is 0 Å². The Hall–Kier alpha value is -5.47. The minimum absolute atomic E-state index is 0.100. The zero-order valence-corrected chi connectivity index (χ0v) is 23.0. The summed E-state index contributed by atoms with van der Waals surface area (Å²) >= 11 is 1.37. The van der Waals surface area contributed by atoms with Gasteiger partial charge in [0.25, 0.3) is 5.56 Å². The van der Waals surface area contributed by atoms with Crippen molar-refractivity contribution in [1.82, 2.24) is 14.0 Å². The second-order valence-electron chi connectivity index (χ2n) is 9.71. The highest BCUT2D eigenvalue weighted by Gasteiger charge is 2.20. The zero-order valence-electron chi connectivity index (χ0n) is 22.2. The number of hydrogen-bond acceptors (Lipinski definition) is 5. The molecule has 0 spiro atoms. The number of rotatable bonds is 7. The number of aliphatic carboxylic acids is 1. The van der Waals surface area contributed by atoms with Crippen molar-refractivity contribution in [3.63, 3.8) is 0 Å². The van der Waals surface area contributed by atoms with Crippen molar-refractivity contribution in [2.45, 2.75) is 0 Å². The molecule has 0 saturated heterocycles. The number of benzene rings is 4. The number of carboxylic acid groups (broad SMARTS) is 1. The Morgan fingerprint density at radius 2 is 1.52 bits per heavy atom. The van der Waals surface area contributed by atoms with Gasteiger partial charge in [-0.15, -0.1) is 0 Å². The summed E-state index contributed by atoms with van der Waals surface area (Å²) in [6, 6.07) is 37.2. The molecule has 3 aromatic heterocycles. The van der Waals surface area contributed by atoms with Gasteiger partial charge >= 0.3 is 5.97 Å². The van der Waals surface area contributed by atoms with Crippen LogP contribution in [0.25, 0.3) is 50.3 Å². The predicted molar refractivity (Wildman–Crippen MR) is 165 cm³/mol. The molecule has 1 N–H and O–H groups in total. The Morgan fingerprint density at radius 3 is 2.24 bits per heavy atom. The lowest BCUT2D eigenvalue weighted by Crippen LogP contribution is -2.22. The molecule has 3 heterocycles. The molecule has 4 aromatic carbocycles. The summed E-state index contributed by atoms with van der Waals surface area (Å²) in [7, 11) is 0. The molecule has 0 bridgehead atoms. The standard InChI is InChI=1S/C34H23N3O4S/c38-31(39)21-41-26-17-15-25(16-18-26)36-29(22-9-3-1-4-10-22)19-24(32(36)23-11-5-2-6-12-23)20-30-33(40)37-28-14-8-7-13-27(28)35-34(37)42-30/h1-20H,21H2,(H,38,39)/b30-20+. The van der Waals surface area contributed by atoms with E-state index in [-0.39, 0.29) is 5.56 Å². The van der Waals surface area contributed by atoms with E-state index in [9.17, 15) is 9.59 Å². The first-order valence-electron chi connectivity index (χ1n) is 13.3. The first-order chi connectivity index (χ1) is 20.6. The number of thiazole rings is 1. The Kier molecular flexibility index (Phi) is 6.37. The topological polar surface area (TPSA) is 85.8 Å². The molecule has 0 aliphatic carbocycles. The van der Waals surface area contributed by atoms with Crippen LogP contribution in [0.5, 0.6) is 5.75 Å². The lowest BCUT2D eigenvalue weighted by atomic mass is 10.1. The summed E-state index contributed by atoms with van der Waals surface area (Å²) in [4.78, 5) is 30.0. The van der Waals surface area contributed by atoms with Crippen LogP contribution in [0.1, 0.15) is 5.56 Å². The molecule has 0 amide bonds. The molecule has 0 unspecified atom stereocenters. The van der Waals surface area contributed by atoms with Gasteiger partial charge in [0.05, 0.1) is 27.0 Å². The first-order valence-corrected chi connectivity index (χ1v) is 14.1. The average Bonchev–Trinajstić information content (AvgIpc) is 3.68. The van der Waals surface area contributed by atoms with Crippen LogP contribution in [-0.2, 0) is 4.79 Å². The number of imidazole rings is 1. The van der Waals surface area contributed by atoms with E-state index < -0.39 is 12.6 Å². The normalized spacial score (nSPS) is 11.9. The van der Waals surface area contributed by atoms with E-state index in [1.54, 1.807) is 16.5 Å². The van der Waals surface area contributed by atoms with E-state index in [0.29, 0.717) is 15.2 Å². The second-order valence-corrected chi connectivity index (χ2v) is 10.7. The van der Waals surface area contributed by atoms with Crippen LogP contribution in [0.2, 0.25) is 0 Å². The molecule has 0 saturated carbocycles. The quantitative estimate of drug-likeness (QED) is 0.253. The summed E-state index contributed by atoms with van der Waals surface area (Å²) in [6.07, 6.45) is 1.95. The third kappa shape index (κ3) is 4.53. The van der Waals surface area contributed by atoms with Crippen molar-refractivity contribution >= 4 is 39.4 Å². The van der Waals surface area contributed by atoms with Crippen molar-refractivity contribution in [2.75, 3.05) is 6.61 Å². The highest BCUT2D eigenvalue weighted by molar-refractivity contribution is 7.15. The van der Waals surface area contributed by atoms with Crippen LogP contribution >= 0.6 is 11.3 Å². The molecular weight excluding hydrogens is 546 g/mol. The Labute approximate surface area is 243 Å². The van der Waals surface area contributed by atoms with E-state index in [4.69, 9.17) is 9.84 Å². The van der Waals surface area contributed by atoms with Crippen molar-refractivity contribution < 1.29 is 14.6 Å². The molecule has 0 atom stereocenters. The summed E-state index contributed by atoms with van der Waals surface area (Å²) in [6.45, 7) is -0.413. The molecule has 7 nitrogen and oxygen atoms in total. The van der Waals surface area contributed by atoms with Crippen LogP contribution in [0, 0.1) is 0 Å². The summed E-state index contributed by atoms with van der Waals surface area (Å²) in [5.41, 5.74) is 7.10. The highest BCUT2D eigenvalue weighted by Crippen LogP contribution is 2.37. The average molecular weight is 570 g/mol. The van der Waals surface area contributed by atoms with E-state index >= 15 is 0 Å². The van der Waals surface area contributed by atoms with Crippen LogP contribution in [0.3, 0.4) is 0 Å². The number of aromatic nitrogens is 3. The first kappa shape index (κ1) is 25.5. The summed E-state index contributed by atoms with van der Waals surface area (Å²) in [5, 5.41) is 9.00. The second kappa shape index (κ2) is 10.5. The fourth-order valence-corrected chi connectivity index (χ4v) is 6.19. The van der Waals surface area contributed by atoms with Crippen molar-refractivity contribution in [3.05, 3.63) is 136 Å². The Balaban J connectivity index is 1.48. The smallest absolute Gasteiger partial charge is 0.341 e.